The Morgan fingerprint density at radius 1 is 1.15 bits per heavy atom. The van der Waals surface area contributed by atoms with Crippen LogP contribution in [0.4, 0.5) is 4.39 Å². The Bertz CT molecular complexity index is 1150. The quantitative estimate of drug-likeness (QED) is 0.548. The molecule has 2 fully saturated rings. The normalized spacial score (nSPS) is 18.3. The minimum absolute atomic E-state index is 0.0306. The standard InChI is InChI=1S/C25H29FN6O/c1-3-30(4-2)18-12-14-31(16-18)24(33)20-15-28-32(23(20)17-9-10-17)25-27-13-11-22(29-25)19-7-5-6-8-21(19)26/h5-8,11,13,15,17-18H,3-4,9-10,12,14,16H2,1-2H3. The van der Waals surface area contributed by atoms with Gasteiger partial charge in [-0.3, -0.25) is 9.69 Å². The van der Waals surface area contributed by atoms with Crippen LogP contribution in [0.25, 0.3) is 17.2 Å². The summed E-state index contributed by atoms with van der Waals surface area (Å²) >= 11 is 0. The molecule has 2 aromatic heterocycles. The molecule has 3 aromatic rings. The van der Waals surface area contributed by atoms with Gasteiger partial charge in [0, 0.05) is 36.8 Å². The lowest BCUT2D eigenvalue weighted by Gasteiger charge is -2.26. The molecular formula is C25H29FN6O. The number of hydrogen-bond acceptors (Lipinski definition) is 5. The zero-order chi connectivity index (χ0) is 22.9. The highest BCUT2D eigenvalue weighted by atomic mass is 19.1. The summed E-state index contributed by atoms with van der Waals surface area (Å²) in [5.74, 6) is 0.327. The van der Waals surface area contributed by atoms with Crippen molar-refractivity contribution in [1.29, 1.82) is 0 Å². The molecule has 1 aromatic carbocycles. The summed E-state index contributed by atoms with van der Waals surface area (Å²) in [4.78, 5) is 26.8. The highest BCUT2D eigenvalue weighted by molar-refractivity contribution is 5.95. The number of likely N-dealkylation sites (N-methyl/N-ethyl adjacent to an activating group) is 1. The van der Waals surface area contributed by atoms with Crippen molar-refractivity contribution < 1.29 is 9.18 Å². The fourth-order valence-electron chi connectivity index (χ4n) is 4.84. The number of halogens is 1. The number of rotatable bonds is 7. The van der Waals surface area contributed by atoms with Gasteiger partial charge in [-0.15, -0.1) is 0 Å². The molecule has 1 atom stereocenters. The number of benzene rings is 1. The Balaban J connectivity index is 1.45. The van der Waals surface area contributed by atoms with Crippen LogP contribution in [-0.2, 0) is 0 Å². The molecule has 1 saturated carbocycles. The topological polar surface area (TPSA) is 67.2 Å². The maximum absolute atomic E-state index is 14.3. The molecule has 1 aliphatic carbocycles. The summed E-state index contributed by atoms with van der Waals surface area (Å²) in [6.07, 6.45) is 6.29. The van der Waals surface area contributed by atoms with E-state index < -0.39 is 0 Å². The van der Waals surface area contributed by atoms with Crippen molar-refractivity contribution in [2.75, 3.05) is 26.2 Å². The van der Waals surface area contributed by atoms with Gasteiger partial charge in [-0.25, -0.2) is 19.0 Å². The van der Waals surface area contributed by atoms with Gasteiger partial charge in [-0.05, 0) is 50.6 Å². The van der Waals surface area contributed by atoms with Crippen LogP contribution >= 0.6 is 0 Å². The van der Waals surface area contributed by atoms with Gasteiger partial charge in [0.25, 0.3) is 11.9 Å². The summed E-state index contributed by atoms with van der Waals surface area (Å²) in [5.41, 5.74) is 2.41. The second-order valence-electron chi connectivity index (χ2n) is 8.77. The van der Waals surface area contributed by atoms with Crippen molar-refractivity contribution in [2.45, 2.75) is 45.1 Å². The van der Waals surface area contributed by atoms with E-state index in [-0.39, 0.29) is 17.6 Å². The molecule has 172 valence electrons. The summed E-state index contributed by atoms with van der Waals surface area (Å²) in [6, 6.07) is 8.64. The van der Waals surface area contributed by atoms with E-state index in [2.05, 4.69) is 33.8 Å². The third-order valence-electron chi connectivity index (χ3n) is 6.76. The predicted molar refractivity (Wildman–Crippen MR) is 124 cm³/mol. The smallest absolute Gasteiger partial charge is 0.257 e. The molecule has 0 bridgehead atoms. The maximum atomic E-state index is 14.3. The number of carbonyl (C=O) groups excluding carboxylic acids is 1. The van der Waals surface area contributed by atoms with E-state index in [4.69, 9.17) is 0 Å². The molecule has 2 aliphatic rings. The fraction of sp³-hybridized carbons (Fsp3) is 0.440. The Morgan fingerprint density at radius 3 is 2.67 bits per heavy atom. The van der Waals surface area contributed by atoms with Crippen LogP contribution in [0.15, 0.2) is 42.7 Å². The summed E-state index contributed by atoms with van der Waals surface area (Å²) in [5, 5.41) is 4.52. The minimum Gasteiger partial charge on any atom is -0.337 e. The third kappa shape index (κ3) is 4.15. The highest BCUT2D eigenvalue weighted by Crippen LogP contribution is 2.42. The first-order valence-electron chi connectivity index (χ1n) is 11.8. The fourth-order valence-corrected chi connectivity index (χ4v) is 4.84. The first-order valence-corrected chi connectivity index (χ1v) is 11.8. The van der Waals surface area contributed by atoms with Crippen LogP contribution in [0, 0.1) is 5.82 Å². The van der Waals surface area contributed by atoms with Crippen molar-refractivity contribution in [3.8, 4) is 17.2 Å². The van der Waals surface area contributed by atoms with Crippen LogP contribution in [0.5, 0.6) is 0 Å². The van der Waals surface area contributed by atoms with E-state index >= 15 is 0 Å². The van der Waals surface area contributed by atoms with Crippen molar-refractivity contribution in [1.82, 2.24) is 29.5 Å². The number of likely N-dealkylation sites (tertiary alicyclic amines) is 1. The van der Waals surface area contributed by atoms with E-state index in [1.54, 1.807) is 41.3 Å². The molecule has 1 saturated heterocycles. The maximum Gasteiger partial charge on any atom is 0.257 e. The average Bonchev–Trinajstić information content (AvgIpc) is 3.39. The molecule has 7 nitrogen and oxygen atoms in total. The first-order chi connectivity index (χ1) is 16.1. The van der Waals surface area contributed by atoms with Gasteiger partial charge in [0.2, 0.25) is 0 Å². The highest BCUT2D eigenvalue weighted by Gasteiger charge is 2.37. The van der Waals surface area contributed by atoms with Crippen LogP contribution in [-0.4, -0.2) is 67.7 Å². The lowest BCUT2D eigenvalue weighted by atomic mass is 10.1. The van der Waals surface area contributed by atoms with Gasteiger partial charge in [0.1, 0.15) is 5.82 Å². The second-order valence-corrected chi connectivity index (χ2v) is 8.77. The summed E-state index contributed by atoms with van der Waals surface area (Å²) < 4.78 is 16.0. The van der Waals surface area contributed by atoms with Crippen LogP contribution in [0.1, 0.15) is 55.1 Å². The Labute approximate surface area is 193 Å². The van der Waals surface area contributed by atoms with Crippen molar-refractivity contribution >= 4 is 5.91 Å². The molecular weight excluding hydrogens is 419 g/mol. The second kappa shape index (κ2) is 9.02. The molecule has 1 unspecified atom stereocenters. The summed E-state index contributed by atoms with van der Waals surface area (Å²) in [7, 11) is 0. The molecule has 0 spiro atoms. The minimum atomic E-state index is -0.335. The molecule has 0 radical (unpaired) electrons. The van der Waals surface area contributed by atoms with Gasteiger partial charge in [-0.1, -0.05) is 26.0 Å². The zero-order valence-electron chi connectivity index (χ0n) is 19.1. The van der Waals surface area contributed by atoms with E-state index in [9.17, 15) is 9.18 Å². The largest absolute Gasteiger partial charge is 0.337 e. The predicted octanol–water partition coefficient (Wildman–Crippen LogP) is 3.90. The van der Waals surface area contributed by atoms with Crippen LogP contribution in [0.2, 0.25) is 0 Å². The van der Waals surface area contributed by atoms with E-state index in [1.807, 2.05) is 4.90 Å². The number of amides is 1. The van der Waals surface area contributed by atoms with E-state index in [0.29, 0.717) is 28.8 Å². The first kappa shape index (κ1) is 21.7. The molecule has 33 heavy (non-hydrogen) atoms. The van der Waals surface area contributed by atoms with Crippen LogP contribution < -0.4 is 0 Å². The summed E-state index contributed by atoms with van der Waals surface area (Å²) in [6.45, 7) is 7.81. The van der Waals surface area contributed by atoms with Gasteiger partial charge in [-0.2, -0.15) is 5.10 Å². The van der Waals surface area contributed by atoms with Gasteiger partial charge in [0.05, 0.1) is 23.1 Å². The van der Waals surface area contributed by atoms with Gasteiger partial charge < -0.3 is 4.90 Å². The number of aromatic nitrogens is 4. The average molecular weight is 449 g/mol. The monoisotopic (exact) mass is 448 g/mol. The molecule has 3 heterocycles. The third-order valence-corrected chi connectivity index (χ3v) is 6.76. The lowest BCUT2D eigenvalue weighted by Crippen LogP contribution is -2.38. The molecule has 1 amide bonds. The Hall–Kier alpha value is -3.13. The zero-order valence-corrected chi connectivity index (χ0v) is 19.1. The Morgan fingerprint density at radius 2 is 1.94 bits per heavy atom. The number of nitrogens with zero attached hydrogens (tertiary/aromatic N) is 6. The SMILES string of the molecule is CCN(CC)C1CCN(C(=O)c2cnn(-c3nccc(-c4ccccc4F)n3)c2C2CC2)C1. The van der Waals surface area contributed by atoms with Crippen LogP contribution in [0.3, 0.4) is 0 Å². The van der Waals surface area contributed by atoms with Gasteiger partial charge >= 0.3 is 0 Å². The van der Waals surface area contributed by atoms with E-state index in [0.717, 1.165) is 51.1 Å². The number of hydrogen-bond donors (Lipinski definition) is 0. The lowest BCUT2D eigenvalue weighted by molar-refractivity contribution is 0.0776. The molecule has 0 N–H and O–H groups in total. The van der Waals surface area contributed by atoms with Crippen molar-refractivity contribution in [2.24, 2.45) is 0 Å². The Kier molecular flexibility index (Phi) is 5.93. The molecule has 5 rings (SSSR count). The van der Waals surface area contributed by atoms with Crippen molar-refractivity contribution in [3.05, 3.63) is 59.8 Å². The molecule has 1 aliphatic heterocycles. The molecule has 8 heteroatoms. The number of carbonyl (C=O) groups is 1. The van der Waals surface area contributed by atoms with Crippen molar-refractivity contribution in [3.63, 3.8) is 0 Å². The van der Waals surface area contributed by atoms with E-state index in [1.165, 1.54) is 6.07 Å². The van der Waals surface area contributed by atoms with Gasteiger partial charge in [0.15, 0.2) is 0 Å².